The van der Waals surface area contributed by atoms with Crippen molar-refractivity contribution in [2.45, 2.75) is 25.4 Å². The first-order valence-electron chi connectivity index (χ1n) is 7.87. The Balaban J connectivity index is 1.90. The Morgan fingerprint density at radius 1 is 1.30 bits per heavy atom. The molecule has 3 aromatic rings. The zero-order chi connectivity index (χ0) is 16.0. The molecule has 3 heterocycles. The maximum Gasteiger partial charge on any atom is 0.262 e. The van der Waals surface area contributed by atoms with Crippen molar-refractivity contribution in [3.63, 3.8) is 0 Å². The van der Waals surface area contributed by atoms with E-state index in [9.17, 15) is 9.90 Å². The van der Waals surface area contributed by atoms with E-state index in [0.29, 0.717) is 17.7 Å². The molecule has 1 aromatic carbocycles. The summed E-state index contributed by atoms with van der Waals surface area (Å²) >= 11 is 0. The van der Waals surface area contributed by atoms with Gasteiger partial charge in [-0.2, -0.15) is 0 Å². The molecule has 0 bridgehead atoms. The summed E-state index contributed by atoms with van der Waals surface area (Å²) in [7, 11) is 1.72. The van der Waals surface area contributed by atoms with Gasteiger partial charge in [0.15, 0.2) is 5.82 Å². The fraction of sp³-hybridized carbons (Fsp3) is 0.438. The second kappa shape index (κ2) is 5.43. The van der Waals surface area contributed by atoms with Gasteiger partial charge in [0, 0.05) is 13.1 Å². The van der Waals surface area contributed by atoms with Gasteiger partial charge < -0.3 is 5.11 Å². The summed E-state index contributed by atoms with van der Waals surface area (Å²) < 4.78 is 3.48. The summed E-state index contributed by atoms with van der Waals surface area (Å²) in [5, 5.41) is 18.7. The first kappa shape index (κ1) is 14.3. The summed E-state index contributed by atoms with van der Waals surface area (Å²) in [6, 6.07) is 7.71. The van der Waals surface area contributed by atoms with Crippen molar-refractivity contribution >= 4 is 16.7 Å². The van der Waals surface area contributed by atoms with Crippen LogP contribution in [0.3, 0.4) is 0 Å². The van der Waals surface area contributed by atoms with E-state index in [1.165, 1.54) is 4.57 Å². The third kappa shape index (κ3) is 2.15. The van der Waals surface area contributed by atoms with E-state index in [0.717, 1.165) is 30.7 Å². The lowest BCUT2D eigenvalue weighted by molar-refractivity contribution is 0.151. The maximum absolute atomic E-state index is 12.4. The summed E-state index contributed by atoms with van der Waals surface area (Å²) in [5.41, 5.74) is 0.756. The molecule has 4 rings (SSSR count). The van der Waals surface area contributed by atoms with Gasteiger partial charge in [0.05, 0.1) is 24.1 Å². The van der Waals surface area contributed by atoms with Gasteiger partial charge in [-0.05, 0) is 31.5 Å². The number of likely N-dealkylation sites (tertiary alicyclic amines) is 1. The Morgan fingerprint density at radius 2 is 2.13 bits per heavy atom. The fourth-order valence-corrected chi connectivity index (χ4v) is 3.49. The van der Waals surface area contributed by atoms with Gasteiger partial charge in [0.2, 0.25) is 5.78 Å². The van der Waals surface area contributed by atoms with Crippen molar-refractivity contribution in [1.82, 2.24) is 24.1 Å². The molecule has 7 nitrogen and oxygen atoms in total. The number of aliphatic hydroxyl groups excluding tert-OH is 1. The van der Waals surface area contributed by atoms with Gasteiger partial charge >= 0.3 is 0 Å². The van der Waals surface area contributed by atoms with E-state index in [-0.39, 0.29) is 18.2 Å². The van der Waals surface area contributed by atoms with Gasteiger partial charge in [-0.25, -0.2) is 0 Å². The van der Waals surface area contributed by atoms with Crippen molar-refractivity contribution in [2.24, 2.45) is 7.05 Å². The van der Waals surface area contributed by atoms with Crippen LogP contribution < -0.4 is 5.56 Å². The van der Waals surface area contributed by atoms with E-state index >= 15 is 0 Å². The minimum atomic E-state index is -0.0681. The average molecular weight is 313 g/mol. The van der Waals surface area contributed by atoms with E-state index < -0.39 is 0 Å². The Morgan fingerprint density at radius 3 is 2.96 bits per heavy atom. The second-order valence-corrected chi connectivity index (χ2v) is 6.08. The lowest BCUT2D eigenvalue weighted by Gasteiger charge is -2.21. The smallest absolute Gasteiger partial charge is 0.262 e. The van der Waals surface area contributed by atoms with E-state index in [1.807, 2.05) is 28.7 Å². The third-order valence-electron chi connectivity index (χ3n) is 4.75. The Kier molecular flexibility index (Phi) is 3.39. The Labute approximate surface area is 132 Å². The van der Waals surface area contributed by atoms with Gasteiger partial charge in [-0.3, -0.25) is 18.7 Å². The normalized spacial score (nSPS) is 19.1. The quantitative estimate of drug-likeness (QED) is 0.764. The third-order valence-corrected chi connectivity index (χ3v) is 4.75. The van der Waals surface area contributed by atoms with Crippen LogP contribution in [-0.2, 0) is 13.6 Å². The molecule has 1 saturated heterocycles. The molecule has 0 spiro atoms. The topological polar surface area (TPSA) is 75.7 Å². The molecule has 1 atom stereocenters. The van der Waals surface area contributed by atoms with Crippen LogP contribution in [0.5, 0.6) is 0 Å². The van der Waals surface area contributed by atoms with Gasteiger partial charge in [0.1, 0.15) is 0 Å². The van der Waals surface area contributed by atoms with E-state index in [1.54, 1.807) is 7.05 Å². The highest BCUT2D eigenvalue weighted by Gasteiger charge is 2.26. The number of hydrogen-bond donors (Lipinski definition) is 1. The van der Waals surface area contributed by atoms with Crippen LogP contribution >= 0.6 is 0 Å². The molecule has 1 unspecified atom stereocenters. The van der Waals surface area contributed by atoms with Crippen LogP contribution in [0.15, 0.2) is 29.1 Å². The average Bonchev–Trinajstić information content (AvgIpc) is 3.20. The van der Waals surface area contributed by atoms with Crippen LogP contribution in [0.2, 0.25) is 0 Å². The molecular formula is C16H19N5O2. The fourth-order valence-electron chi connectivity index (χ4n) is 3.49. The second-order valence-electron chi connectivity index (χ2n) is 6.08. The molecule has 7 heteroatoms. The van der Waals surface area contributed by atoms with Crippen molar-refractivity contribution in [3.8, 4) is 0 Å². The monoisotopic (exact) mass is 313 g/mol. The number of nitrogens with zero attached hydrogens (tertiary/aromatic N) is 5. The lowest BCUT2D eigenvalue weighted by atomic mass is 10.2. The van der Waals surface area contributed by atoms with Crippen molar-refractivity contribution in [2.75, 3.05) is 13.2 Å². The molecule has 1 aliphatic rings. The Bertz CT molecular complexity index is 929. The molecule has 0 radical (unpaired) electrons. The molecule has 1 aliphatic heterocycles. The first-order valence-corrected chi connectivity index (χ1v) is 7.87. The van der Waals surface area contributed by atoms with Gasteiger partial charge in [-0.15, -0.1) is 10.2 Å². The number of aliphatic hydroxyl groups is 1. The van der Waals surface area contributed by atoms with Crippen LogP contribution in [0, 0.1) is 0 Å². The molecular weight excluding hydrogens is 294 g/mol. The van der Waals surface area contributed by atoms with Crippen LogP contribution in [0.25, 0.3) is 16.7 Å². The van der Waals surface area contributed by atoms with Crippen molar-refractivity contribution in [1.29, 1.82) is 0 Å². The predicted octanol–water partition coefficient (Wildman–Crippen LogP) is 0.538. The molecule has 120 valence electrons. The molecule has 0 saturated carbocycles. The molecule has 0 aliphatic carbocycles. The number of rotatable bonds is 3. The van der Waals surface area contributed by atoms with E-state index in [2.05, 4.69) is 15.1 Å². The lowest BCUT2D eigenvalue weighted by Crippen LogP contribution is -2.32. The first-order chi connectivity index (χ1) is 11.2. The minimum Gasteiger partial charge on any atom is -0.395 e. The zero-order valence-electron chi connectivity index (χ0n) is 13.0. The summed E-state index contributed by atoms with van der Waals surface area (Å²) in [6.45, 7) is 1.73. The summed E-state index contributed by atoms with van der Waals surface area (Å²) in [5.74, 6) is 1.34. The van der Waals surface area contributed by atoms with Crippen LogP contribution in [0.1, 0.15) is 18.7 Å². The molecule has 1 N–H and O–H groups in total. The predicted molar refractivity (Wildman–Crippen MR) is 86.3 cm³/mol. The number of hydrogen-bond acceptors (Lipinski definition) is 5. The standard InChI is InChI=1S/C16H19N5O2/c1-19-15(23)12-6-2-3-7-13(12)21-14(17-18-16(19)21)9-20-8-4-5-11(20)10-22/h2-3,6-7,11,22H,4-5,8-10H2,1H3. The SMILES string of the molecule is Cn1c(=O)c2ccccc2n2c(CN3CCCC3CO)nnc12. The summed E-state index contributed by atoms with van der Waals surface area (Å²) in [6.07, 6.45) is 2.09. The molecule has 1 fully saturated rings. The van der Waals surface area contributed by atoms with Crippen LogP contribution in [0.4, 0.5) is 0 Å². The van der Waals surface area contributed by atoms with Crippen molar-refractivity contribution in [3.05, 3.63) is 40.4 Å². The maximum atomic E-state index is 12.4. The highest BCUT2D eigenvalue weighted by molar-refractivity contribution is 5.80. The number of benzene rings is 1. The van der Waals surface area contributed by atoms with Crippen LogP contribution in [-0.4, -0.2) is 48.4 Å². The highest BCUT2D eigenvalue weighted by atomic mass is 16.3. The minimum absolute atomic E-state index is 0.0681. The van der Waals surface area contributed by atoms with Gasteiger partial charge in [-0.1, -0.05) is 12.1 Å². The number of para-hydroxylation sites is 1. The van der Waals surface area contributed by atoms with E-state index in [4.69, 9.17) is 0 Å². The number of fused-ring (bicyclic) bond motifs is 3. The highest BCUT2D eigenvalue weighted by Crippen LogP contribution is 2.20. The molecule has 0 amide bonds. The largest absolute Gasteiger partial charge is 0.395 e. The zero-order valence-corrected chi connectivity index (χ0v) is 13.0. The van der Waals surface area contributed by atoms with Crippen molar-refractivity contribution < 1.29 is 5.11 Å². The van der Waals surface area contributed by atoms with Gasteiger partial charge in [0.25, 0.3) is 5.56 Å². The number of aromatic nitrogens is 4. The summed E-state index contributed by atoms with van der Waals surface area (Å²) in [4.78, 5) is 14.7. The molecule has 2 aromatic heterocycles. The number of aryl methyl sites for hydroxylation is 1. The molecule has 23 heavy (non-hydrogen) atoms. The Hall–Kier alpha value is -2.25.